The number of ether oxygens (including phenoxy) is 2. The van der Waals surface area contributed by atoms with Crippen molar-refractivity contribution < 1.29 is 19.1 Å². The number of carbonyl (C=O) groups is 2. The van der Waals surface area contributed by atoms with Crippen LogP contribution in [0.2, 0.25) is 0 Å². The van der Waals surface area contributed by atoms with Gasteiger partial charge in [-0.25, -0.2) is 9.59 Å². The monoisotopic (exact) mass is 420 g/mol. The van der Waals surface area contributed by atoms with Crippen LogP contribution in [0.4, 0.5) is 0 Å². The Hall–Kier alpha value is -2.00. The van der Waals surface area contributed by atoms with E-state index in [0.29, 0.717) is 23.0 Å². The second-order valence-electron chi connectivity index (χ2n) is 6.25. The molecule has 6 nitrogen and oxygen atoms in total. The third-order valence-electron chi connectivity index (χ3n) is 3.66. The molecule has 0 aliphatic carbocycles. The fraction of sp³-hybridized carbons (Fsp3) is 0.300. The van der Waals surface area contributed by atoms with Crippen LogP contribution in [-0.4, -0.2) is 35.5 Å². The van der Waals surface area contributed by atoms with Crippen molar-refractivity contribution in [1.29, 1.82) is 0 Å². The molecule has 0 fully saturated rings. The summed E-state index contributed by atoms with van der Waals surface area (Å²) in [6, 6.07) is 12.8. The first-order valence-electron chi connectivity index (χ1n) is 8.67. The third kappa shape index (κ3) is 7.55. The number of hydrogen-bond donors (Lipinski definition) is 2. The normalized spacial score (nSPS) is 12.9. The molecule has 2 rings (SSSR count). The van der Waals surface area contributed by atoms with Gasteiger partial charge in [0.25, 0.3) is 0 Å². The fourth-order valence-corrected chi connectivity index (χ4v) is 4.19. The van der Waals surface area contributed by atoms with Crippen LogP contribution < -0.4 is 20.9 Å². The predicted molar refractivity (Wildman–Crippen MR) is 114 cm³/mol. The van der Waals surface area contributed by atoms with Crippen LogP contribution in [0, 0.1) is 13.8 Å². The lowest BCUT2D eigenvalue weighted by Gasteiger charge is -2.13. The first-order chi connectivity index (χ1) is 13.3. The standard InChI is InChI=1S/C20H24N2O4S2/c1-13-3-7-15(8-4-13)25-19(23)17(21)11-27-28-12-18(22)20(24)26-16-9-5-14(2)6-10-16/h3-10,17-18H,11-12,21-22H2,1-2H3. The number of esters is 2. The van der Waals surface area contributed by atoms with Gasteiger partial charge in [0.05, 0.1) is 0 Å². The molecule has 0 saturated carbocycles. The highest BCUT2D eigenvalue weighted by atomic mass is 33.1. The molecule has 0 heterocycles. The van der Waals surface area contributed by atoms with Crippen LogP contribution in [0.15, 0.2) is 48.5 Å². The van der Waals surface area contributed by atoms with Crippen LogP contribution in [0.3, 0.4) is 0 Å². The van der Waals surface area contributed by atoms with Gasteiger partial charge in [-0.1, -0.05) is 57.0 Å². The fourth-order valence-electron chi connectivity index (χ4n) is 1.98. The van der Waals surface area contributed by atoms with Crippen molar-refractivity contribution >= 4 is 33.5 Å². The zero-order valence-electron chi connectivity index (χ0n) is 15.8. The maximum absolute atomic E-state index is 12.0. The van der Waals surface area contributed by atoms with Gasteiger partial charge in [0, 0.05) is 11.5 Å². The van der Waals surface area contributed by atoms with Gasteiger partial charge >= 0.3 is 11.9 Å². The Bertz CT molecular complexity index is 714. The first kappa shape index (κ1) is 22.3. The van der Waals surface area contributed by atoms with E-state index in [1.54, 1.807) is 24.3 Å². The number of hydrogen-bond acceptors (Lipinski definition) is 8. The summed E-state index contributed by atoms with van der Waals surface area (Å²) in [5.41, 5.74) is 13.9. The zero-order chi connectivity index (χ0) is 20.5. The molecule has 0 bridgehead atoms. The molecule has 0 aromatic heterocycles. The average Bonchev–Trinajstić information content (AvgIpc) is 2.68. The molecule has 2 atom stereocenters. The molecular formula is C20H24N2O4S2. The van der Waals surface area contributed by atoms with Gasteiger partial charge in [0.1, 0.15) is 23.6 Å². The van der Waals surface area contributed by atoms with Crippen molar-refractivity contribution in [2.75, 3.05) is 11.5 Å². The van der Waals surface area contributed by atoms with Gasteiger partial charge in [0.15, 0.2) is 0 Å². The summed E-state index contributed by atoms with van der Waals surface area (Å²) in [6.45, 7) is 3.90. The second kappa shape index (κ2) is 11.1. The van der Waals surface area contributed by atoms with E-state index < -0.39 is 24.0 Å². The molecule has 2 aromatic rings. The molecule has 0 saturated heterocycles. The number of carbonyl (C=O) groups excluding carboxylic acids is 2. The number of rotatable bonds is 9. The molecule has 0 aliphatic heterocycles. The van der Waals surface area contributed by atoms with Crippen molar-refractivity contribution in [2.45, 2.75) is 25.9 Å². The highest BCUT2D eigenvalue weighted by Gasteiger charge is 2.19. The quantitative estimate of drug-likeness (QED) is 0.276. The van der Waals surface area contributed by atoms with Gasteiger partial charge in [-0.2, -0.15) is 0 Å². The topological polar surface area (TPSA) is 105 Å². The lowest BCUT2D eigenvalue weighted by molar-refractivity contribution is -0.136. The van der Waals surface area contributed by atoms with E-state index in [0.717, 1.165) is 11.1 Å². The van der Waals surface area contributed by atoms with Crippen molar-refractivity contribution in [3.05, 3.63) is 59.7 Å². The van der Waals surface area contributed by atoms with E-state index in [1.165, 1.54) is 21.6 Å². The van der Waals surface area contributed by atoms with E-state index in [2.05, 4.69) is 0 Å². The summed E-state index contributed by atoms with van der Waals surface area (Å²) in [5, 5.41) is 0. The molecule has 0 radical (unpaired) electrons. The molecule has 150 valence electrons. The maximum atomic E-state index is 12.0. The predicted octanol–water partition coefficient (Wildman–Crippen LogP) is 2.85. The van der Waals surface area contributed by atoms with E-state index >= 15 is 0 Å². The molecule has 0 spiro atoms. The molecular weight excluding hydrogens is 396 g/mol. The Labute approximate surface area is 172 Å². The number of nitrogens with two attached hydrogens (primary N) is 2. The van der Waals surface area contributed by atoms with Crippen molar-refractivity contribution in [1.82, 2.24) is 0 Å². The van der Waals surface area contributed by atoms with E-state index in [1.807, 2.05) is 38.1 Å². The summed E-state index contributed by atoms with van der Waals surface area (Å²) in [5.74, 6) is 0.610. The Kier molecular flexibility index (Phi) is 8.85. The van der Waals surface area contributed by atoms with E-state index in [4.69, 9.17) is 20.9 Å². The zero-order valence-corrected chi connectivity index (χ0v) is 17.4. The first-order valence-corrected chi connectivity index (χ1v) is 11.2. The molecule has 2 unspecified atom stereocenters. The molecule has 28 heavy (non-hydrogen) atoms. The van der Waals surface area contributed by atoms with Gasteiger partial charge in [-0.3, -0.25) is 0 Å². The number of benzene rings is 2. The molecule has 2 aromatic carbocycles. The van der Waals surface area contributed by atoms with Gasteiger partial charge in [0.2, 0.25) is 0 Å². The molecule has 4 N–H and O–H groups in total. The maximum Gasteiger partial charge on any atom is 0.329 e. The SMILES string of the molecule is Cc1ccc(OC(=O)C(N)CSSCC(N)C(=O)Oc2ccc(C)cc2)cc1. The minimum Gasteiger partial charge on any atom is -0.425 e. The van der Waals surface area contributed by atoms with Crippen LogP contribution in [0.5, 0.6) is 11.5 Å². The highest BCUT2D eigenvalue weighted by molar-refractivity contribution is 8.76. The van der Waals surface area contributed by atoms with Gasteiger partial charge in [-0.05, 0) is 38.1 Å². The Morgan fingerprint density at radius 3 is 1.39 bits per heavy atom. The second-order valence-corrected chi connectivity index (χ2v) is 8.80. The van der Waals surface area contributed by atoms with Gasteiger partial charge in [-0.15, -0.1) is 0 Å². The van der Waals surface area contributed by atoms with E-state index in [-0.39, 0.29) is 0 Å². The van der Waals surface area contributed by atoms with Crippen molar-refractivity contribution in [3.63, 3.8) is 0 Å². The van der Waals surface area contributed by atoms with Crippen LogP contribution in [0.1, 0.15) is 11.1 Å². The lowest BCUT2D eigenvalue weighted by Crippen LogP contribution is -2.37. The summed E-state index contributed by atoms with van der Waals surface area (Å²) in [4.78, 5) is 24.0. The molecule has 0 aliphatic rings. The van der Waals surface area contributed by atoms with Crippen LogP contribution in [-0.2, 0) is 9.59 Å². The third-order valence-corrected chi connectivity index (χ3v) is 6.14. The van der Waals surface area contributed by atoms with E-state index in [9.17, 15) is 9.59 Å². The summed E-state index contributed by atoms with van der Waals surface area (Å²) < 4.78 is 10.5. The Morgan fingerprint density at radius 2 is 1.07 bits per heavy atom. The number of aryl methyl sites for hydroxylation is 2. The van der Waals surface area contributed by atoms with Gasteiger partial charge < -0.3 is 20.9 Å². The average molecular weight is 421 g/mol. The largest absolute Gasteiger partial charge is 0.425 e. The minimum atomic E-state index is -0.769. The van der Waals surface area contributed by atoms with Crippen molar-refractivity contribution in [3.8, 4) is 11.5 Å². The highest BCUT2D eigenvalue weighted by Crippen LogP contribution is 2.23. The smallest absolute Gasteiger partial charge is 0.329 e. The molecule has 0 amide bonds. The molecule has 8 heteroatoms. The van der Waals surface area contributed by atoms with Crippen LogP contribution >= 0.6 is 21.6 Å². The Morgan fingerprint density at radius 1 is 0.750 bits per heavy atom. The Balaban J connectivity index is 1.66. The summed E-state index contributed by atoms with van der Waals surface area (Å²) in [7, 11) is 2.72. The minimum absolute atomic E-state index is 0.342. The summed E-state index contributed by atoms with van der Waals surface area (Å²) in [6.07, 6.45) is 0. The van der Waals surface area contributed by atoms with Crippen molar-refractivity contribution in [2.24, 2.45) is 11.5 Å². The van der Waals surface area contributed by atoms with Crippen LogP contribution in [0.25, 0.3) is 0 Å². The summed E-state index contributed by atoms with van der Waals surface area (Å²) >= 11 is 0. The lowest BCUT2D eigenvalue weighted by atomic mass is 10.2.